The molecule has 4 heterocycles. The van der Waals surface area contributed by atoms with Crippen molar-refractivity contribution in [3.8, 4) is 17.2 Å². The molecule has 5 aromatic carbocycles. The first-order chi connectivity index (χ1) is 40.7. The second-order valence-corrected chi connectivity index (χ2v) is 45.1. The SMILES string of the molecule is CC(C[Si](C)(O[Si](C)(C)C)O[Si](C)(C)O[Si](C)(C)C)c1ccccc1.CCCCC(CC)C(=O)Nc1ccc2[nH]c(=S)[nH]c2c1.CSc1n[nH]c(=S)s1.O=S(=O)([O-])c1cccc(-n2[nH]nnc2=S)c1.Oc1ccc(O)cc1.S=c1[nH]c2ccccc2s1.[Na+]. The molecule has 3 atom stereocenters. The quantitative estimate of drug-likeness (QED) is 0.0130. The number of fused-ring (bicyclic) bond motifs is 2. The zero-order chi connectivity index (χ0) is 64.8. The van der Waals surface area contributed by atoms with E-state index in [-0.39, 0.29) is 62.5 Å². The van der Waals surface area contributed by atoms with E-state index < -0.39 is 43.9 Å². The fourth-order valence-electron chi connectivity index (χ4n) is 8.61. The maximum Gasteiger partial charge on any atom is 1.00 e. The van der Waals surface area contributed by atoms with Gasteiger partial charge in [-0.25, -0.2) is 13.1 Å². The Morgan fingerprint density at radius 2 is 1.36 bits per heavy atom. The van der Waals surface area contributed by atoms with Crippen molar-refractivity contribution in [2.75, 3.05) is 11.6 Å². The number of imidazole rings is 1. The number of aromatic nitrogens is 9. The Morgan fingerprint density at radius 1 is 0.750 bits per heavy atom. The number of para-hydroxylation sites is 1. The van der Waals surface area contributed by atoms with Gasteiger partial charge in [0.25, 0.3) is 0 Å². The summed E-state index contributed by atoms with van der Waals surface area (Å²) in [6, 6.07) is 36.6. The van der Waals surface area contributed by atoms with Crippen LogP contribution in [-0.4, -0.2) is 114 Å². The molecule has 0 saturated heterocycles. The number of benzene rings is 5. The number of thiazole rings is 1. The Bertz CT molecular complexity index is 3870. The Hall–Kier alpha value is -3.95. The first-order valence-corrected chi connectivity index (χ1v) is 45.7. The van der Waals surface area contributed by atoms with E-state index in [1.807, 2.05) is 42.7 Å². The Kier molecular flexibility index (Phi) is 32.8. The predicted molar refractivity (Wildman–Crippen MR) is 374 cm³/mol. The third-order valence-electron chi connectivity index (χ3n) is 11.7. The van der Waals surface area contributed by atoms with Crippen molar-refractivity contribution in [2.24, 2.45) is 5.92 Å². The number of H-pyrrole nitrogens is 5. The minimum Gasteiger partial charge on any atom is -0.744 e. The number of amides is 1. The van der Waals surface area contributed by atoms with E-state index in [0.29, 0.717) is 16.4 Å². The van der Waals surface area contributed by atoms with Crippen molar-refractivity contribution < 1.29 is 69.9 Å². The van der Waals surface area contributed by atoms with E-state index in [4.69, 9.17) is 71.4 Å². The number of tetrazole rings is 1. The maximum absolute atomic E-state index is 12.2. The zero-order valence-electron chi connectivity index (χ0n) is 52.0. The van der Waals surface area contributed by atoms with E-state index in [1.165, 1.54) is 68.7 Å². The standard InChI is InChI=1S/C18H38O3Si4.C15H21N3OS.C7H6N4O3S2.C7H5NS2.C6H6O2.C3H4N2S3.Na/c1-17(18-14-12-11-13-15-18)16-25(10,20-23(5,6)7)21-24(8,9)19-22(2,3)4;1-3-5-6-10(4-2)14(19)16-11-7-8-12-13(9-11)18-15(20)17-12;12-16(13,14)6-3-1-2-5(4-6)11-7(15)8-9-10-11;9-7-8-5-3-1-2-4-6(5)10-7;7-5-1-2-6(8)4-3-5;1-7-3-5-4-2(6)8-3;/h11-15,17H,16H2,1-10H3;7-10H,3-6H2,1-2H3,(H,16,19)(H2,17,18,20);1-4H,(H,8,10,15)(H,12,13,14);1-4H,(H,8,9);1-4,7-8H;1H3,(H,4,6);/q;;;;;;+1/p-1. The Labute approximate surface area is 575 Å². The van der Waals surface area contributed by atoms with Gasteiger partial charge in [-0.15, -0.1) is 11.3 Å². The molecule has 0 aliphatic carbocycles. The molecule has 472 valence electrons. The van der Waals surface area contributed by atoms with Crippen molar-refractivity contribution in [1.29, 1.82) is 0 Å². The summed E-state index contributed by atoms with van der Waals surface area (Å²) in [5.41, 5.74) is 5.54. The number of nitrogens with one attached hydrogen (secondary N) is 6. The molecule has 0 bridgehead atoms. The first kappa shape index (κ1) is 78.3. The number of anilines is 1. The van der Waals surface area contributed by atoms with Gasteiger partial charge in [-0.2, -0.15) is 10.3 Å². The van der Waals surface area contributed by atoms with Crippen LogP contribution in [-0.2, 0) is 27.3 Å². The van der Waals surface area contributed by atoms with Crippen LogP contribution in [0.5, 0.6) is 11.5 Å². The van der Waals surface area contributed by atoms with Crippen LogP contribution in [0.1, 0.15) is 57.9 Å². The van der Waals surface area contributed by atoms with Gasteiger partial charge in [-0.1, -0.05) is 116 Å². The van der Waals surface area contributed by atoms with Gasteiger partial charge in [0.15, 0.2) is 33.7 Å². The molecule has 9 aromatic rings. The number of phenols is 2. The van der Waals surface area contributed by atoms with Crippen molar-refractivity contribution in [3.05, 3.63) is 144 Å². The number of aromatic hydroxyl groups is 2. The summed E-state index contributed by atoms with van der Waals surface area (Å²) in [5.74, 6) is 0.960. The molecule has 0 aliphatic heterocycles. The van der Waals surface area contributed by atoms with Gasteiger partial charge in [0.2, 0.25) is 10.7 Å². The van der Waals surface area contributed by atoms with Crippen LogP contribution in [0, 0.1) is 23.4 Å². The maximum atomic E-state index is 12.2. The van der Waals surface area contributed by atoms with Crippen LogP contribution >= 0.6 is 83.3 Å². The number of nitrogens with zero attached hydrogens (tertiary/aromatic N) is 4. The number of aromatic amines is 5. The van der Waals surface area contributed by atoms with Crippen molar-refractivity contribution in [3.63, 3.8) is 0 Å². The predicted octanol–water partition coefficient (Wildman–Crippen LogP) is 13.9. The largest absolute Gasteiger partial charge is 1.00 e. The van der Waals surface area contributed by atoms with Crippen LogP contribution in [0.4, 0.5) is 5.69 Å². The number of hydrogen-bond acceptors (Lipinski definition) is 19. The van der Waals surface area contributed by atoms with Crippen molar-refractivity contribution in [2.45, 2.75) is 127 Å². The van der Waals surface area contributed by atoms with Gasteiger partial charge < -0.3 is 47.4 Å². The van der Waals surface area contributed by atoms with E-state index in [9.17, 15) is 17.8 Å². The summed E-state index contributed by atoms with van der Waals surface area (Å²) >= 11 is 24.4. The summed E-state index contributed by atoms with van der Waals surface area (Å²) in [5, 5.41) is 36.3. The molecule has 32 heteroatoms. The normalized spacial score (nSPS) is 12.7. The molecule has 3 unspecified atom stereocenters. The molecule has 0 fully saturated rings. The van der Waals surface area contributed by atoms with E-state index in [1.54, 1.807) is 29.2 Å². The van der Waals surface area contributed by atoms with Crippen LogP contribution in [0.25, 0.3) is 26.9 Å². The van der Waals surface area contributed by atoms with Gasteiger partial charge in [0.1, 0.15) is 21.6 Å². The van der Waals surface area contributed by atoms with Gasteiger partial charge in [0.05, 0.1) is 31.8 Å². The summed E-state index contributed by atoms with van der Waals surface area (Å²) in [6.45, 7) is 26.5. The molecule has 0 aliphatic rings. The van der Waals surface area contributed by atoms with Crippen LogP contribution in [0.15, 0.2) is 131 Å². The van der Waals surface area contributed by atoms with Crippen LogP contribution in [0.2, 0.25) is 65.0 Å². The minimum absolute atomic E-state index is 0. The summed E-state index contributed by atoms with van der Waals surface area (Å²) in [4.78, 5) is 21.1. The van der Waals surface area contributed by atoms with Crippen LogP contribution < -0.4 is 34.9 Å². The van der Waals surface area contributed by atoms with E-state index in [0.717, 1.165) is 66.2 Å². The molecule has 4 aromatic heterocycles. The summed E-state index contributed by atoms with van der Waals surface area (Å²) in [6.07, 6.45) is 6.02. The number of rotatable bonds is 18. The molecule has 0 spiro atoms. The second-order valence-electron chi connectivity index (χ2n) is 22.1. The number of carbonyl (C=O) groups is 1. The van der Waals surface area contributed by atoms with Gasteiger partial charge in [-0.05, 0) is 217 Å². The van der Waals surface area contributed by atoms with Crippen molar-refractivity contribution in [1.82, 2.24) is 45.4 Å². The van der Waals surface area contributed by atoms with Gasteiger partial charge in [-0.3, -0.25) is 9.89 Å². The Balaban J connectivity index is 0.000000289. The monoisotopic (exact) mass is 1430 g/mol. The number of phenolic OH excluding ortho intramolecular Hbond substituents is 2. The smallest absolute Gasteiger partial charge is 0.744 e. The molecule has 1 amide bonds. The summed E-state index contributed by atoms with van der Waals surface area (Å²) < 4.78 is 58.2. The molecule has 9 rings (SSSR count). The van der Waals surface area contributed by atoms with E-state index >= 15 is 0 Å². The average Bonchev–Trinajstić information content (AvgIpc) is 4.46. The Morgan fingerprint density at radius 3 is 1.89 bits per heavy atom. The number of carbonyl (C=O) groups excluding carboxylic acids is 1. The number of unbranched alkanes of at least 4 members (excludes halogenated alkanes) is 1. The number of thioether (sulfide) groups is 1. The average molecular weight is 1430 g/mol. The molecular weight excluding hydrogens is 1350 g/mol. The topological polar surface area (TPSA) is 277 Å². The van der Waals surface area contributed by atoms with E-state index in [2.05, 4.69) is 162 Å². The second kappa shape index (κ2) is 36.9. The van der Waals surface area contributed by atoms with Gasteiger partial charge >= 0.3 is 46.7 Å². The molecule has 88 heavy (non-hydrogen) atoms. The molecule has 8 N–H and O–H groups in total. The van der Waals surface area contributed by atoms with Gasteiger partial charge in [0, 0.05) is 11.6 Å². The fourth-order valence-corrected chi connectivity index (χ4v) is 30.5. The molecule has 0 radical (unpaired) electrons. The third-order valence-corrected chi connectivity index (χ3v) is 30.0. The van der Waals surface area contributed by atoms with Crippen LogP contribution in [0.3, 0.4) is 0 Å². The minimum atomic E-state index is -4.48. The fraction of sp³-hybridized carbons (Fsp3) is 0.357. The molecule has 0 saturated carbocycles. The third kappa shape index (κ3) is 29.1. The first-order valence-electron chi connectivity index (χ1n) is 27.6. The van der Waals surface area contributed by atoms with Crippen molar-refractivity contribution >= 4 is 160 Å². The molecule has 19 nitrogen and oxygen atoms in total. The number of hydrogen-bond donors (Lipinski definition) is 8. The summed E-state index contributed by atoms with van der Waals surface area (Å²) in [7, 11) is -12.4. The molecular formula is C56H79N10NaO9S8Si4. The zero-order valence-corrected chi connectivity index (χ0v) is 64.6.